The van der Waals surface area contributed by atoms with Crippen LogP contribution in [0.3, 0.4) is 0 Å². The van der Waals surface area contributed by atoms with Crippen LogP contribution in [0.5, 0.6) is 5.75 Å². The maximum absolute atomic E-state index is 12.8. The fourth-order valence-electron chi connectivity index (χ4n) is 3.48. The van der Waals surface area contributed by atoms with Gasteiger partial charge in [0.25, 0.3) is 0 Å². The standard InChI is InChI=1S/C23H19ClN6O2/c24-16-8-10-17(11-9-16)32-15-22-26-18-5-1-2-6-19(18)30(22)14-23(31)25-13-21-28-27-20-7-3-4-12-29(20)21/h1-12H,13-15H2,(H,25,31). The largest absolute Gasteiger partial charge is 0.486 e. The summed E-state index contributed by atoms with van der Waals surface area (Å²) in [4.78, 5) is 17.4. The molecule has 0 unspecified atom stereocenters. The maximum atomic E-state index is 12.8. The summed E-state index contributed by atoms with van der Waals surface area (Å²) in [6, 6.07) is 20.5. The molecule has 1 N–H and O–H groups in total. The Morgan fingerprint density at radius 1 is 0.969 bits per heavy atom. The van der Waals surface area contributed by atoms with Crippen LogP contribution in [-0.2, 0) is 24.5 Å². The van der Waals surface area contributed by atoms with E-state index in [1.165, 1.54) is 0 Å². The van der Waals surface area contributed by atoms with Crippen molar-refractivity contribution >= 4 is 34.2 Å². The first-order valence-electron chi connectivity index (χ1n) is 10.1. The van der Waals surface area contributed by atoms with Gasteiger partial charge in [0.15, 0.2) is 11.5 Å². The van der Waals surface area contributed by atoms with Crippen molar-refractivity contribution in [2.45, 2.75) is 19.7 Å². The Morgan fingerprint density at radius 3 is 2.66 bits per heavy atom. The molecule has 5 aromatic rings. The van der Waals surface area contributed by atoms with Crippen LogP contribution in [0.4, 0.5) is 0 Å². The summed E-state index contributed by atoms with van der Waals surface area (Å²) in [6.07, 6.45) is 1.87. The van der Waals surface area contributed by atoms with Crippen LogP contribution >= 0.6 is 11.6 Å². The summed E-state index contributed by atoms with van der Waals surface area (Å²) >= 11 is 5.94. The van der Waals surface area contributed by atoms with E-state index in [9.17, 15) is 4.79 Å². The van der Waals surface area contributed by atoms with Gasteiger partial charge in [-0.3, -0.25) is 9.20 Å². The molecule has 8 nitrogen and oxygen atoms in total. The average molecular weight is 447 g/mol. The quantitative estimate of drug-likeness (QED) is 0.412. The van der Waals surface area contributed by atoms with Crippen molar-refractivity contribution < 1.29 is 9.53 Å². The Labute approximate surface area is 188 Å². The Morgan fingerprint density at radius 2 is 1.78 bits per heavy atom. The summed E-state index contributed by atoms with van der Waals surface area (Å²) in [5, 5.41) is 11.8. The SMILES string of the molecule is O=C(Cn1c(COc2ccc(Cl)cc2)nc2ccccc21)NCc1nnc2ccccn12. The zero-order valence-electron chi connectivity index (χ0n) is 17.0. The molecule has 0 saturated heterocycles. The number of carbonyl (C=O) groups excluding carboxylic acids is 1. The van der Waals surface area contributed by atoms with Gasteiger partial charge in [0.2, 0.25) is 5.91 Å². The number of fused-ring (bicyclic) bond motifs is 2. The number of amides is 1. The number of rotatable bonds is 7. The molecular formula is C23H19ClN6O2. The topological polar surface area (TPSA) is 86.3 Å². The summed E-state index contributed by atoms with van der Waals surface area (Å²) in [7, 11) is 0. The molecule has 0 spiro atoms. The second-order valence-electron chi connectivity index (χ2n) is 7.17. The van der Waals surface area contributed by atoms with Crippen molar-refractivity contribution in [2.24, 2.45) is 0 Å². The lowest BCUT2D eigenvalue weighted by molar-refractivity contribution is -0.121. The van der Waals surface area contributed by atoms with Gasteiger partial charge in [-0.1, -0.05) is 29.8 Å². The number of hydrogen-bond acceptors (Lipinski definition) is 5. The van der Waals surface area contributed by atoms with Crippen LogP contribution in [0.2, 0.25) is 5.02 Å². The molecular weight excluding hydrogens is 428 g/mol. The molecule has 3 heterocycles. The third-order valence-electron chi connectivity index (χ3n) is 5.04. The lowest BCUT2D eigenvalue weighted by Crippen LogP contribution is -2.28. The van der Waals surface area contributed by atoms with Gasteiger partial charge in [0, 0.05) is 11.2 Å². The van der Waals surface area contributed by atoms with Gasteiger partial charge < -0.3 is 14.6 Å². The molecule has 0 atom stereocenters. The predicted molar refractivity (Wildman–Crippen MR) is 120 cm³/mol. The minimum Gasteiger partial charge on any atom is -0.486 e. The number of imidazole rings is 1. The van der Waals surface area contributed by atoms with E-state index in [-0.39, 0.29) is 25.6 Å². The first-order valence-corrected chi connectivity index (χ1v) is 10.4. The fourth-order valence-corrected chi connectivity index (χ4v) is 3.61. The van der Waals surface area contributed by atoms with Gasteiger partial charge in [-0.05, 0) is 48.5 Å². The number of halogens is 1. The highest BCUT2D eigenvalue weighted by Crippen LogP contribution is 2.20. The zero-order chi connectivity index (χ0) is 21.9. The first-order chi connectivity index (χ1) is 15.7. The number of ether oxygens (including phenoxy) is 1. The van der Waals surface area contributed by atoms with E-state index >= 15 is 0 Å². The Hall–Kier alpha value is -3.91. The third-order valence-corrected chi connectivity index (χ3v) is 5.30. The Balaban J connectivity index is 1.32. The number of nitrogens with one attached hydrogen (secondary N) is 1. The molecule has 0 aliphatic heterocycles. The maximum Gasteiger partial charge on any atom is 0.240 e. The predicted octanol–water partition coefficient (Wildman–Crippen LogP) is 3.63. The minimum absolute atomic E-state index is 0.108. The molecule has 0 aliphatic rings. The average Bonchev–Trinajstić information content (AvgIpc) is 3.39. The van der Waals surface area contributed by atoms with Crippen molar-refractivity contribution in [1.29, 1.82) is 0 Å². The molecule has 0 aliphatic carbocycles. The van der Waals surface area contributed by atoms with Crippen LogP contribution < -0.4 is 10.1 Å². The van der Waals surface area contributed by atoms with E-state index < -0.39 is 0 Å². The molecule has 2 aromatic carbocycles. The lowest BCUT2D eigenvalue weighted by atomic mass is 10.3. The second-order valence-corrected chi connectivity index (χ2v) is 7.60. The number of nitrogens with zero attached hydrogens (tertiary/aromatic N) is 5. The normalized spacial score (nSPS) is 11.2. The van der Waals surface area contributed by atoms with Gasteiger partial charge in [-0.15, -0.1) is 10.2 Å². The highest BCUT2D eigenvalue weighted by atomic mass is 35.5. The van der Waals surface area contributed by atoms with Crippen LogP contribution in [-0.4, -0.2) is 30.1 Å². The van der Waals surface area contributed by atoms with Crippen LogP contribution in [0, 0.1) is 0 Å². The number of aromatic nitrogens is 5. The van der Waals surface area contributed by atoms with Gasteiger partial charge >= 0.3 is 0 Å². The van der Waals surface area contributed by atoms with E-state index in [1.807, 2.05) is 57.6 Å². The van der Waals surface area contributed by atoms with Crippen molar-refractivity contribution in [1.82, 2.24) is 29.5 Å². The first kappa shape index (κ1) is 20.0. The van der Waals surface area contributed by atoms with Crippen molar-refractivity contribution in [3.63, 3.8) is 0 Å². The fraction of sp³-hybridized carbons (Fsp3) is 0.130. The van der Waals surface area contributed by atoms with E-state index in [0.29, 0.717) is 22.4 Å². The highest BCUT2D eigenvalue weighted by Gasteiger charge is 2.15. The van der Waals surface area contributed by atoms with Crippen molar-refractivity contribution in [2.75, 3.05) is 0 Å². The van der Waals surface area contributed by atoms with Crippen LogP contribution in [0.15, 0.2) is 72.9 Å². The molecule has 0 fully saturated rings. The summed E-state index contributed by atoms with van der Waals surface area (Å²) in [5.74, 6) is 1.84. The summed E-state index contributed by atoms with van der Waals surface area (Å²) in [5.41, 5.74) is 2.41. The van der Waals surface area contributed by atoms with E-state index in [0.717, 1.165) is 16.7 Å². The molecule has 1 amide bonds. The van der Waals surface area contributed by atoms with E-state index in [2.05, 4.69) is 20.5 Å². The summed E-state index contributed by atoms with van der Waals surface area (Å²) < 4.78 is 9.58. The molecule has 0 bridgehead atoms. The van der Waals surface area contributed by atoms with Crippen molar-refractivity contribution in [3.05, 3.63) is 89.6 Å². The molecule has 5 rings (SSSR count). The number of benzene rings is 2. The third kappa shape index (κ3) is 4.13. The smallest absolute Gasteiger partial charge is 0.240 e. The van der Waals surface area contributed by atoms with E-state index in [1.54, 1.807) is 24.3 Å². The van der Waals surface area contributed by atoms with Crippen LogP contribution in [0.1, 0.15) is 11.6 Å². The number of hydrogen-bond donors (Lipinski definition) is 1. The highest BCUT2D eigenvalue weighted by molar-refractivity contribution is 6.30. The Bertz CT molecular complexity index is 1390. The number of carbonyl (C=O) groups is 1. The number of pyridine rings is 1. The number of para-hydroxylation sites is 2. The minimum atomic E-state index is -0.159. The molecule has 0 saturated carbocycles. The molecule has 9 heteroatoms. The molecule has 3 aromatic heterocycles. The summed E-state index contributed by atoms with van der Waals surface area (Å²) in [6.45, 7) is 0.599. The second kappa shape index (κ2) is 8.68. The molecule has 0 radical (unpaired) electrons. The van der Waals surface area contributed by atoms with Gasteiger partial charge in [0.05, 0.1) is 17.6 Å². The lowest BCUT2D eigenvalue weighted by Gasteiger charge is -2.11. The van der Waals surface area contributed by atoms with E-state index in [4.69, 9.17) is 16.3 Å². The monoisotopic (exact) mass is 446 g/mol. The van der Waals surface area contributed by atoms with Crippen molar-refractivity contribution in [3.8, 4) is 5.75 Å². The Kier molecular flexibility index (Phi) is 5.43. The van der Waals surface area contributed by atoms with Gasteiger partial charge in [-0.25, -0.2) is 4.98 Å². The van der Waals surface area contributed by atoms with Crippen LogP contribution in [0.25, 0.3) is 16.7 Å². The molecule has 32 heavy (non-hydrogen) atoms. The molecule has 160 valence electrons. The van der Waals surface area contributed by atoms with Gasteiger partial charge in [0.1, 0.15) is 24.7 Å². The zero-order valence-corrected chi connectivity index (χ0v) is 17.7. The van der Waals surface area contributed by atoms with Gasteiger partial charge in [-0.2, -0.15) is 0 Å².